The predicted octanol–water partition coefficient (Wildman–Crippen LogP) is 8.20. The molecule has 4 nitrogen and oxygen atoms in total. The van der Waals surface area contributed by atoms with E-state index in [9.17, 15) is 4.39 Å². The molecule has 0 saturated heterocycles. The van der Waals surface area contributed by atoms with Gasteiger partial charge in [-0.25, -0.2) is 13.8 Å². The van der Waals surface area contributed by atoms with E-state index in [0.717, 1.165) is 52.7 Å². The number of benzene rings is 3. The highest BCUT2D eigenvalue weighted by Crippen LogP contribution is 2.37. The molecular formula is C28H26ClF2N3OS2. The molecule has 2 unspecified atom stereocenters. The lowest BCUT2D eigenvalue weighted by atomic mass is 9.80. The molecule has 0 spiro atoms. The zero-order valence-electron chi connectivity index (χ0n) is 20.1. The minimum Gasteiger partial charge on any atom is -0.491 e. The topological polar surface area (TPSA) is 46.2 Å². The van der Waals surface area contributed by atoms with Crippen LogP contribution < -0.4 is 14.8 Å². The molecule has 0 saturated carbocycles. The van der Waals surface area contributed by atoms with Crippen LogP contribution in [0, 0.1) is 17.6 Å². The summed E-state index contributed by atoms with van der Waals surface area (Å²) in [5.41, 5.74) is 2.95. The lowest BCUT2D eigenvalue weighted by Gasteiger charge is -2.33. The average molecular weight is 558 g/mol. The van der Waals surface area contributed by atoms with Crippen molar-refractivity contribution in [2.45, 2.75) is 30.7 Å². The molecule has 3 aromatic carbocycles. The SMILES string of the molecule is CCNC1CCC=C(c2ccc(F)cc2)C1COc1cc(F)c(SNc2nc3ccccc3s2)cc1Cl. The Kier molecular flexibility index (Phi) is 8.30. The predicted molar refractivity (Wildman–Crippen MR) is 151 cm³/mol. The molecule has 1 heterocycles. The first kappa shape index (κ1) is 26.0. The number of thiazole rings is 1. The maximum atomic E-state index is 15.0. The Morgan fingerprint density at radius 1 is 1.14 bits per heavy atom. The molecule has 1 aromatic heterocycles. The number of anilines is 1. The molecule has 0 bridgehead atoms. The van der Waals surface area contributed by atoms with Gasteiger partial charge in [0, 0.05) is 18.0 Å². The fourth-order valence-electron chi connectivity index (χ4n) is 4.57. The van der Waals surface area contributed by atoms with E-state index in [4.69, 9.17) is 16.3 Å². The van der Waals surface area contributed by atoms with Gasteiger partial charge in [-0.3, -0.25) is 0 Å². The number of halogens is 3. The molecular weight excluding hydrogens is 532 g/mol. The fraction of sp³-hybridized carbons (Fsp3) is 0.250. The summed E-state index contributed by atoms with van der Waals surface area (Å²) in [5, 5.41) is 4.56. The normalized spacial score (nSPS) is 17.6. The summed E-state index contributed by atoms with van der Waals surface area (Å²) in [7, 11) is 0. The number of para-hydroxylation sites is 1. The molecule has 5 rings (SSSR count). The summed E-state index contributed by atoms with van der Waals surface area (Å²) >= 11 is 9.14. The monoisotopic (exact) mass is 557 g/mol. The Labute approximate surface area is 228 Å². The van der Waals surface area contributed by atoms with Crippen LogP contribution in [0.4, 0.5) is 13.9 Å². The van der Waals surface area contributed by atoms with E-state index in [1.807, 2.05) is 24.3 Å². The van der Waals surface area contributed by atoms with Gasteiger partial charge in [0.2, 0.25) is 0 Å². The summed E-state index contributed by atoms with van der Waals surface area (Å²) in [6.07, 6.45) is 4.07. The van der Waals surface area contributed by atoms with Crippen LogP contribution in [0.5, 0.6) is 5.75 Å². The number of aromatic nitrogens is 1. The van der Waals surface area contributed by atoms with Crippen molar-refractivity contribution < 1.29 is 13.5 Å². The smallest absolute Gasteiger partial charge is 0.194 e. The number of rotatable bonds is 9. The third-order valence-electron chi connectivity index (χ3n) is 6.32. The minimum absolute atomic E-state index is 0.00745. The zero-order chi connectivity index (χ0) is 25.8. The van der Waals surface area contributed by atoms with Gasteiger partial charge in [0.15, 0.2) is 5.13 Å². The van der Waals surface area contributed by atoms with Gasteiger partial charge in [0.25, 0.3) is 0 Å². The van der Waals surface area contributed by atoms with Crippen LogP contribution >= 0.6 is 34.9 Å². The Bertz CT molecular complexity index is 1380. The van der Waals surface area contributed by atoms with Gasteiger partial charge in [-0.05, 0) is 72.8 Å². The highest BCUT2D eigenvalue weighted by molar-refractivity contribution is 8.00. The van der Waals surface area contributed by atoms with Crippen LogP contribution in [0.25, 0.3) is 15.8 Å². The van der Waals surface area contributed by atoms with Gasteiger partial charge >= 0.3 is 0 Å². The maximum absolute atomic E-state index is 15.0. The molecule has 1 aliphatic rings. The number of hydrogen-bond donors (Lipinski definition) is 2. The van der Waals surface area contributed by atoms with E-state index in [1.165, 1.54) is 29.5 Å². The average Bonchev–Trinajstić information content (AvgIpc) is 3.32. The second-order valence-electron chi connectivity index (χ2n) is 8.73. The molecule has 4 aromatic rings. The van der Waals surface area contributed by atoms with Crippen LogP contribution in [0.1, 0.15) is 25.3 Å². The third kappa shape index (κ3) is 6.09. The van der Waals surface area contributed by atoms with Gasteiger partial charge in [-0.2, -0.15) is 0 Å². The van der Waals surface area contributed by atoms with Crippen molar-refractivity contribution in [1.29, 1.82) is 0 Å². The van der Waals surface area contributed by atoms with Crippen LogP contribution in [-0.4, -0.2) is 24.2 Å². The van der Waals surface area contributed by atoms with Crippen molar-refractivity contribution in [2.75, 3.05) is 17.9 Å². The number of nitrogens with one attached hydrogen (secondary N) is 2. The molecule has 192 valence electrons. The summed E-state index contributed by atoms with van der Waals surface area (Å²) in [4.78, 5) is 4.87. The van der Waals surface area contributed by atoms with E-state index < -0.39 is 5.82 Å². The summed E-state index contributed by atoms with van der Waals surface area (Å²) in [6.45, 7) is 3.20. The standard InChI is InChI=1S/C28H26ClF2N3OS2/c1-2-32-23-8-5-6-19(17-10-12-18(30)13-11-17)20(23)16-35-25-15-22(31)27(14-21(25)29)37-34-28-33-24-7-3-4-9-26(24)36-28/h3-4,6-7,9-15,20,23,32H,2,5,8,16H2,1H3,(H,33,34). The minimum atomic E-state index is -0.431. The van der Waals surface area contributed by atoms with Gasteiger partial charge in [-0.15, -0.1) is 0 Å². The lowest BCUT2D eigenvalue weighted by molar-refractivity contribution is 0.236. The number of fused-ring (bicyclic) bond motifs is 1. The third-order valence-corrected chi connectivity index (χ3v) is 8.52. The van der Waals surface area contributed by atoms with Crippen molar-refractivity contribution in [3.63, 3.8) is 0 Å². The van der Waals surface area contributed by atoms with Crippen molar-refractivity contribution in [3.05, 3.63) is 89.0 Å². The number of hydrogen-bond acceptors (Lipinski definition) is 6. The first-order chi connectivity index (χ1) is 18.0. The fourth-order valence-corrected chi connectivity index (χ4v) is 6.44. The molecule has 0 amide bonds. The van der Waals surface area contributed by atoms with Gasteiger partial charge < -0.3 is 14.8 Å². The molecule has 9 heteroatoms. The van der Waals surface area contributed by atoms with Crippen molar-refractivity contribution >= 4 is 55.8 Å². The first-order valence-corrected chi connectivity index (χ1v) is 14.1. The molecule has 1 aliphatic carbocycles. The van der Waals surface area contributed by atoms with Gasteiger partial charge in [-0.1, -0.05) is 60.2 Å². The van der Waals surface area contributed by atoms with E-state index in [2.05, 4.69) is 28.0 Å². The van der Waals surface area contributed by atoms with Crippen molar-refractivity contribution in [2.24, 2.45) is 5.92 Å². The largest absolute Gasteiger partial charge is 0.491 e. The van der Waals surface area contributed by atoms with Crippen LogP contribution in [0.15, 0.2) is 71.6 Å². The quantitative estimate of drug-likeness (QED) is 0.203. The van der Waals surface area contributed by atoms with Gasteiger partial charge in [0.05, 0.1) is 26.7 Å². The van der Waals surface area contributed by atoms with E-state index >= 15 is 4.39 Å². The molecule has 2 N–H and O–H groups in total. The Morgan fingerprint density at radius 2 is 1.95 bits per heavy atom. The maximum Gasteiger partial charge on any atom is 0.194 e. The summed E-state index contributed by atoms with van der Waals surface area (Å²) in [5.74, 6) is -0.399. The van der Waals surface area contributed by atoms with Crippen LogP contribution in [-0.2, 0) is 0 Å². The molecule has 0 radical (unpaired) electrons. The number of nitrogens with zero attached hydrogens (tertiary/aromatic N) is 1. The Hall–Kier alpha value is -2.65. The van der Waals surface area contributed by atoms with E-state index in [0.29, 0.717) is 27.4 Å². The van der Waals surface area contributed by atoms with Crippen molar-refractivity contribution in [3.8, 4) is 5.75 Å². The van der Waals surface area contributed by atoms with E-state index in [-0.39, 0.29) is 17.8 Å². The van der Waals surface area contributed by atoms with Crippen molar-refractivity contribution in [1.82, 2.24) is 10.3 Å². The summed E-state index contributed by atoms with van der Waals surface area (Å²) < 4.78 is 38.8. The highest BCUT2D eigenvalue weighted by Gasteiger charge is 2.29. The number of ether oxygens (including phenoxy) is 1. The Balaban J connectivity index is 1.29. The van der Waals surface area contributed by atoms with Gasteiger partial charge in [0.1, 0.15) is 17.4 Å². The first-order valence-electron chi connectivity index (χ1n) is 12.1. The molecule has 0 fully saturated rings. The van der Waals surface area contributed by atoms with Crippen LogP contribution in [0.2, 0.25) is 5.02 Å². The lowest BCUT2D eigenvalue weighted by Crippen LogP contribution is -2.41. The Morgan fingerprint density at radius 3 is 2.73 bits per heavy atom. The highest BCUT2D eigenvalue weighted by atomic mass is 35.5. The second kappa shape index (κ2) is 11.8. The van der Waals surface area contributed by atoms with E-state index in [1.54, 1.807) is 18.2 Å². The second-order valence-corrected chi connectivity index (χ2v) is 11.0. The summed E-state index contributed by atoms with van der Waals surface area (Å²) in [6, 6.07) is 17.4. The number of allylic oxidation sites excluding steroid dienone is 1. The molecule has 37 heavy (non-hydrogen) atoms. The zero-order valence-corrected chi connectivity index (χ0v) is 22.5. The molecule has 2 atom stereocenters. The van der Waals surface area contributed by atoms with Crippen LogP contribution in [0.3, 0.4) is 0 Å². The molecule has 0 aliphatic heterocycles.